The van der Waals surface area contributed by atoms with E-state index in [4.69, 9.17) is 4.74 Å². The molecule has 0 unspecified atom stereocenters. The molecular weight excluding hydrogens is 473 g/mol. The summed E-state index contributed by atoms with van der Waals surface area (Å²) >= 11 is 0. The van der Waals surface area contributed by atoms with E-state index in [0.717, 1.165) is 25.0 Å². The largest absolute Gasteiger partial charge is 0.454 e. The highest BCUT2D eigenvalue weighted by Crippen LogP contribution is 2.61. The molecule has 5 atom stereocenters. The Morgan fingerprint density at radius 3 is 2.16 bits per heavy atom. The number of carbonyl (C=O) groups excluding carboxylic acids is 4. The van der Waals surface area contributed by atoms with Gasteiger partial charge in [-0.2, -0.15) is 0 Å². The van der Waals surface area contributed by atoms with E-state index in [1.54, 1.807) is 12.1 Å². The van der Waals surface area contributed by atoms with Crippen molar-refractivity contribution in [3.8, 4) is 0 Å². The number of halogens is 1. The number of esters is 1. The highest BCUT2D eigenvalue weighted by Gasteiger charge is 2.64. The molecule has 0 N–H and O–H groups in total. The van der Waals surface area contributed by atoms with Crippen molar-refractivity contribution in [3.63, 3.8) is 0 Å². The lowest BCUT2D eigenvalue weighted by molar-refractivity contribution is -0.123. The molecule has 2 amide bonds. The Bertz CT molecular complexity index is 1390. The summed E-state index contributed by atoms with van der Waals surface area (Å²) < 4.78 is 18.1. The number of Topliss-reactive ketones (excluding diaryl/α,β-unsaturated/α-hetero) is 1. The predicted molar refractivity (Wildman–Crippen MR) is 132 cm³/mol. The van der Waals surface area contributed by atoms with Gasteiger partial charge in [-0.15, -0.1) is 0 Å². The normalized spacial score (nSPS) is 25.9. The second kappa shape index (κ2) is 9.07. The Labute approximate surface area is 213 Å². The minimum atomic E-state index is -0.707. The van der Waals surface area contributed by atoms with E-state index in [1.807, 2.05) is 18.2 Å². The van der Waals surface area contributed by atoms with Gasteiger partial charge in [0.15, 0.2) is 12.4 Å². The molecule has 3 fully saturated rings. The van der Waals surface area contributed by atoms with Gasteiger partial charge in [-0.1, -0.05) is 30.3 Å². The molecule has 2 aliphatic carbocycles. The summed E-state index contributed by atoms with van der Waals surface area (Å²) in [5.74, 6) is -1.87. The highest BCUT2D eigenvalue weighted by atomic mass is 19.1. The molecule has 0 aromatic heterocycles. The summed E-state index contributed by atoms with van der Waals surface area (Å²) in [6.07, 6.45) is 1.83. The maximum atomic E-state index is 13.5. The third-order valence-electron chi connectivity index (χ3n) is 8.11. The number of fused-ring (bicyclic) bond motifs is 5. The Hall–Kier alpha value is -4.13. The first-order valence-electron chi connectivity index (χ1n) is 12.4. The third kappa shape index (κ3) is 3.95. The van der Waals surface area contributed by atoms with Crippen molar-refractivity contribution in [2.75, 3.05) is 11.5 Å². The van der Waals surface area contributed by atoms with Crippen molar-refractivity contribution >= 4 is 29.3 Å². The number of nitrogens with zero attached hydrogens (tertiary/aromatic N) is 1. The molecule has 0 spiro atoms. The molecule has 0 radical (unpaired) electrons. The Morgan fingerprint density at radius 2 is 1.46 bits per heavy atom. The van der Waals surface area contributed by atoms with Gasteiger partial charge in [-0.05, 0) is 84.7 Å². The van der Waals surface area contributed by atoms with Crippen LogP contribution >= 0.6 is 0 Å². The van der Waals surface area contributed by atoms with Crippen LogP contribution in [0.25, 0.3) is 0 Å². The van der Waals surface area contributed by atoms with E-state index in [9.17, 15) is 23.6 Å². The lowest BCUT2D eigenvalue weighted by Gasteiger charge is -2.28. The van der Waals surface area contributed by atoms with E-state index < -0.39 is 24.2 Å². The zero-order valence-electron chi connectivity index (χ0n) is 19.9. The van der Waals surface area contributed by atoms with Crippen molar-refractivity contribution < 1.29 is 28.3 Å². The fourth-order valence-corrected chi connectivity index (χ4v) is 6.48. The van der Waals surface area contributed by atoms with Gasteiger partial charge in [0.25, 0.3) is 0 Å². The number of hydrogen-bond donors (Lipinski definition) is 0. The molecule has 2 bridgehead atoms. The maximum Gasteiger partial charge on any atom is 0.338 e. The molecule has 1 saturated heterocycles. The minimum Gasteiger partial charge on any atom is -0.454 e. The summed E-state index contributed by atoms with van der Waals surface area (Å²) in [6, 6.07) is 21.3. The van der Waals surface area contributed by atoms with Crippen LogP contribution in [-0.2, 0) is 14.3 Å². The van der Waals surface area contributed by atoms with Crippen molar-refractivity contribution in [3.05, 3.63) is 101 Å². The van der Waals surface area contributed by atoms with Crippen LogP contribution in [0.2, 0.25) is 0 Å². The average Bonchev–Trinajstić information content (AvgIpc) is 3.59. The number of imide groups is 1. The van der Waals surface area contributed by atoms with Crippen molar-refractivity contribution in [1.82, 2.24) is 0 Å². The van der Waals surface area contributed by atoms with E-state index in [-0.39, 0.29) is 46.6 Å². The fourth-order valence-electron chi connectivity index (χ4n) is 6.48. The van der Waals surface area contributed by atoms with E-state index in [1.165, 1.54) is 34.7 Å². The van der Waals surface area contributed by atoms with E-state index in [0.29, 0.717) is 11.6 Å². The van der Waals surface area contributed by atoms with Crippen molar-refractivity contribution in [1.29, 1.82) is 0 Å². The van der Waals surface area contributed by atoms with Crippen LogP contribution in [0.15, 0.2) is 78.9 Å². The van der Waals surface area contributed by atoms with Crippen LogP contribution in [-0.4, -0.2) is 30.2 Å². The van der Waals surface area contributed by atoms with Crippen LogP contribution in [0, 0.1) is 29.5 Å². The van der Waals surface area contributed by atoms with Gasteiger partial charge in [0.2, 0.25) is 11.8 Å². The molecule has 2 saturated carbocycles. The highest BCUT2D eigenvalue weighted by molar-refractivity contribution is 6.22. The Morgan fingerprint density at radius 1 is 0.811 bits per heavy atom. The topological polar surface area (TPSA) is 80.8 Å². The summed E-state index contributed by atoms with van der Waals surface area (Å²) in [7, 11) is 0. The van der Waals surface area contributed by atoms with Gasteiger partial charge < -0.3 is 4.74 Å². The molecule has 6 rings (SSSR count). The third-order valence-corrected chi connectivity index (χ3v) is 8.11. The summed E-state index contributed by atoms with van der Waals surface area (Å²) in [5, 5.41) is 0. The second-order valence-corrected chi connectivity index (χ2v) is 10.0. The second-order valence-electron chi connectivity index (χ2n) is 10.0. The molecule has 7 heteroatoms. The fraction of sp³-hybridized carbons (Fsp3) is 0.267. The zero-order valence-corrected chi connectivity index (χ0v) is 19.9. The van der Waals surface area contributed by atoms with Gasteiger partial charge in [-0.25, -0.2) is 9.18 Å². The number of carbonyl (C=O) groups is 4. The maximum absolute atomic E-state index is 13.5. The van der Waals surface area contributed by atoms with Gasteiger partial charge >= 0.3 is 5.97 Å². The Balaban J connectivity index is 1.13. The molecule has 37 heavy (non-hydrogen) atoms. The zero-order chi connectivity index (χ0) is 25.7. The smallest absolute Gasteiger partial charge is 0.338 e. The number of ether oxygens (including phenoxy) is 1. The molecule has 1 aliphatic heterocycles. The lowest BCUT2D eigenvalue weighted by Crippen LogP contribution is -2.33. The number of ketones is 1. The Kier molecular flexibility index (Phi) is 5.71. The number of benzene rings is 3. The summed E-state index contributed by atoms with van der Waals surface area (Å²) in [4.78, 5) is 52.7. The minimum absolute atomic E-state index is 0.158. The summed E-state index contributed by atoms with van der Waals surface area (Å²) in [5.41, 5.74) is 2.09. The van der Waals surface area contributed by atoms with E-state index >= 15 is 0 Å². The standard InChI is InChI=1S/C30H24FNO5/c31-21-10-6-18(7-11-21)25(33)16-37-30(36)19-8-12-22(13-9-19)32-28(34)26-20-14-23(17-4-2-1-3-5-17)24(15-20)27(26)29(32)35/h1-13,20,23-24,26-27H,14-16H2/t20-,23+,24-,26+,27+/m0/s1. The number of amides is 2. The average molecular weight is 498 g/mol. The van der Waals surface area contributed by atoms with Gasteiger partial charge in [0.05, 0.1) is 23.1 Å². The molecule has 3 aromatic rings. The number of anilines is 1. The quantitative estimate of drug-likeness (QED) is 0.278. The first-order chi connectivity index (χ1) is 17.9. The monoisotopic (exact) mass is 497 g/mol. The van der Waals surface area contributed by atoms with Crippen LogP contribution in [0.3, 0.4) is 0 Å². The van der Waals surface area contributed by atoms with Gasteiger partial charge in [0.1, 0.15) is 5.82 Å². The lowest BCUT2D eigenvalue weighted by atomic mass is 9.73. The van der Waals surface area contributed by atoms with E-state index in [2.05, 4.69) is 12.1 Å². The molecule has 1 heterocycles. The molecule has 186 valence electrons. The molecule has 3 aliphatic rings. The SMILES string of the molecule is O=C(COC(=O)c1ccc(N2C(=O)[C@@H]3[C@@H]4C[C@H]([C@H]3C2=O)[C@@H](c2ccccc2)C4)cc1)c1ccc(F)cc1. The first-order valence-corrected chi connectivity index (χ1v) is 12.4. The van der Waals surface area contributed by atoms with Crippen molar-refractivity contribution in [2.24, 2.45) is 23.7 Å². The number of hydrogen-bond acceptors (Lipinski definition) is 5. The van der Waals surface area contributed by atoms with Gasteiger partial charge in [0, 0.05) is 5.56 Å². The summed E-state index contributed by atoms with van der Waals surface area (Å²) in [6.45, 7) is -0.482. The van der Waals surface area contributed by atoms with Gasteiger partial charge in [-0.3, -0.25) is 19.3 Å². The predicted octanol–water partition coefficient (Wildman–Crippen LogP) is 4.79. The first kappa shape index (κ1) is 23.3. The molecular formula is C30H24FNO5. The van der Waals surface area contributed by atoms with Crippen LogP contribution in [0.1, 0.15) is 45.0 Å². The van der Waals surface area contributed by atoms with Crippen LogP contribution in [0.4, 0.5) is 10.1 Å². The molecule has 6 nitrogen and oxygen atoms in total. The van der Waals surface area contributed by atoms with Crippen LogP contribution < -0.4 is 4.90 Å². The molecule has 3 aromatic carbocycles. The van der Waals surface area contributed by atoms with Crippen molar-refractivity contribution in [2.45, 2.75) is 18.8 Å². The number of rotatable bonds is 6. The van der Waals surface area contributed by atoms with Crippen LogP contribution in [0.5, 0.6) is 0 Å².